The summed E-state index contributed by atoms with van der Waals surface area (Å²) in [6, 6.07) is 0. The highest BCUT2D eigenvalue weighted by atomic mass is 16.5. The second kappa shape index (κ2) is 7.70. The van der Waals surface area contributed by atoms with Crippen LogP contribution in [0.5, 0.6) is 0 Å². The van der Waals surface area contributed by atoms with E-state index >= 15 is 0 Å². The third-order valence-electron chi connectivity index (χ3n) is 3.51. The minimum absolute atomic E-state index is 0.000455. The molecule has 0 amide bonds. The molecule has 1 fully saturated rings. The molecule has 0 radical (unpaired) electrons. The smallest absolute Gasteiger partial charge is 0.306 e. The zero-order valence-electron chi connectivity index (χ0n) is 10.8. The first kappa shape index (κ1) is 13.5. The Morgan fingerprint density at radius 3 is 2.38 bits per heavy atom. The maximum absolute atomic E-state index is 11.3. The molecular weight excluding hydrogens is 200 g/mol. The summed E-state index contributed by atoms with van der Waals surface area (Å²) in [4.78, 5) is 11.3. The molecule has 0 bridgehead atoms. The van der Waals surface area contributed by atoms with E-state index < -0.39 is 0 Å². The van der Waals surface area contributed by atoms with E-state index in [1.54, 1.807) is 0 Å². The lowest BCUT2D eigenvalue weighted by atomic mass is 9.84. The van der Waals surface area contributed by atoms with Crippen molar-refractivity contribution in [2.75, 3.05) is 0 Å². The second-order valence-corrected chi connectivity index (χ2v) is 5.02. The molecule has 0 aliphatic heterocycles. The molecule has 1 rings (SSSR count). The highest BCUT2D eigenvalue weighted by Gasteiger charge is 2.23. The maximum Gasteiger partial charge on any atom is 0.306 e. The number of unbranched alkanes of at least 4 members (excludes halogenated alkanes) is 1. The molecule has 0 aromatic heterocycles. The Balaban J connectivity index is 2.14. The first-order valence-electron chi connectivity index (χ1n) is 6.95. The van der Waals surface area contributed by atoms with Crippen molar-refractivity contribution < 1.29 is 9.53 Å². The zero-order chi connectivity index (χ0) is 11.8. The van der Waals surface area contributed by atoms with E-state index in [1.807, 2.05) is 6.92 Å². The number of esters is 1. The minimum Gasteiger partial charge on any atom is -0.462 e. The van der Waals surface area contributed by atoms with Gasteiger partial charge in [-0.2, -0.15) is 0 Å². The van der Waals surface area contributed by atoms with Gasteiger partial charge in [0.25, 0.3) is 0 Å². The Hall–Kier alpha value is -0.530. The van der Waals surface area contributed by atoms with Crippen molar-refractivity contribution in [2.45, 2.75) is 77.7 Å². The average molecular weight is 226 g/mol. The summed E-state index contributed by atoms with van der Waals surface area (Å²) in [5, 5.41) is 0. The fraction of sp³-hybridized carbons (Fsp3) is 0.929. The van der Waals surface area contributed by atoms with Crippen molar-refractivity contribution in [3.63, 3.8) is 0 Å². The molecule has 0 heterocycles. The van der Waals surface area contributed by atoms with E-state index in [4.69, 9.17) is 4.74 Å². The normalized spacial score (nSPS) is 25.4. The van der Waals surface area contributed by atoms with Crippen LogP contribution in [0.2, 0.25) is 0 Å². The van der Waals surface area contributed by atoms with Crippen molar-refractivity contribution in [1.29, 1.82) is 0 Å². The summed E-state index contributed by atoms with van der Waals surface area (Å²) in [7, 11) is 0. The van der Waals surface area contributed by atoms with Gasteiger partial charge in [0, 0.05) is 6.42 Å². The van der Waals surface area contributed by atoms with E-state index in [1.165, 1.54) is 32.1 Å². The number of carbonyl (C=O) groups is 1. The lowest BCUT2D eigenvalue weighted by Gasteiger charge is -2.28. The van der Waals surface area contributed by atoms with E-state index in [2.05, 4.69) is 6.92 Å². The van der Waals surface area contributed by atoms with Crippen LogP contribution in [0.1, 0.15) is 71.6 Å². The molecule has 2 heteroatoms. The van der Waals surface area contributed by atoms with Crippen molar-refractivity contribution in [3.05, 3.63) is 0 Å². The number of rotatable bonds is 6. The summed E-state index contributed by atoms with van der Waals surface area (Å²) in [6.07, 6.45) is 10.4. The lowest BCUT2D eigenvalue weighted by molar-refractivity contribution is -0.151. The Labute approximate surface area is 99.8 Å². The molecule has 1 saturated carbocycles. The molecule has 0 aromatic rings. The summed E-state index contributed by atoms with van der Waals surface area (Å²) in [6.45, 7) is 4.26. The van der Waals surface area contributed by atoms with Gasteiger partial charge in [0.05, 0.1) is 0 Å². The molecule has 0 atom stereocenters. The molecule has 0 saturated heterocycles. The number of ether oxygens (including phenoxy) is 1. The van der Waals surface area contributed by atoms with Gasteiger partial charge in [-0.15, -0.1) is 0 Å². The van der Waals surface area contributed by atoms with E-state index in [0.717, 1.165) is 25.2 Å². The highest BCUT2D eigenvalue weighted by Crippen LogP contribution is 2.29. The van der Waals surface area contributed by atoms with E-state index in [-0.39, 0.29) is 12.1 Å². The largest absolute Gasteiger partial charge is 0.462 e. The van der Waals surface area contributed by atoms with E-state index in [0.29, 0.717) is 6.42 Å². The Kier molecular flexibility index (Phi) is 6.51. The van der Waals surface area contributed by atoms with Gasteiger partial charge in [-0.3, -0.25) is 4.79 Å². The van der Waals surface area contributed by atoms with Gasteiger partial charge in [-0.1, -0.05) is 33.1 Å². The van der Waals surface area contributed by atoms with Gasteiger partial charge in [0.15, 0.2) is 0 Å². The minimum atomic E-state index is -0.000455. The van der Waals surface area contributed by atoms with Gasteiger partial charge >= 0.3 is 5.97 Å². The predicted molar refractivity (Wildman–Crippen MR) is 66.3 cm³/mol. The van der Waals surface area contributed by atoms with Gasteiger partial charge in [-0.05, 0) is 38.0 Å². The van der Waals surface area contributed by atoms with Crippen LogP contribution >= 0.6 is 0 Å². The molecule has 0 spiro atoms. The summed E-state index contributed by atoms with van der Waals surface area (Å²) in [5.41, 5.74) is 0. The van der Waals surface area contributed by atoms with Crippen LogP contribution in [0.3, 0.4) is 0 Å². The van der Waals surface area contributed by atoms with Crippen LogP contribution in [0.25, 0.3) is 0 Å². The van der Waals surface area contributed by atoms with Crippen LogP contribution in [0.4, 0.5) is 0 Å². The van der Waals surface area contributed by atoms with Crippen molar-refractivity contribution in [1.82, 2.24) is 0 Å². The Morgan fingerprint density at radius 2 is 1.81 bits per heavy atom. The van der Waals surface area contributed by atoms with Crippen molar-refractivity contribution in [3.8, 4) is 0 Å². The van der Waals surface area contributed by atoms with Crippen LogP contribution in [0, 0.1) is 5.92 Å². The molecule has 1 aliphatic rings. The summed E-state index contributed by atoms with van der Waals surface area (Å²) < 4.78 is 5.45. The Bertz CT molecular complexity index is 193. The van der Waals surface area contributed by atoms with Gasteiger partial charge < -0.3 is 4.74 Å². The quantitative estimate of drug-likeness (QED) is 0.638. The fourth-order valence-electron chi connectivity index (χ4n) is 2.48. The number of hydrogen-bond donors (Lipinski definition) is 0. The molecule has 16 heavy (non-hydrogen) atoms. The van der Waals surface area contributed by atoms with Gasteiger partial charge in [0.1, 0.15) is 6.10 Å². The first-order chi connectivity index (χ1) is 7.76. The van der Waals surface area contributed by atoms with Gasteiger partial charge in [0.2, 0.25) is 0 Å². The Morgan fingerprint density at radius 1 is 1.12 bits per heavy atom. The molecule has 1 aliphatic carbocycles. The third-order valence-corrected chi connectivity index (χ3v) is 3.51. The highest BCUT2D eigenvalue weighted by molar-refractivity contribution is 5.69. The molecule has 0 unspecified atom stereocenters. The zero-order valence-corrected chi connectivity index (χ0v) is 10.8. The van der Waals surface area contributed by atoms with Crippen molar-refractivity contribution >= 4 is 5.97 Å². The SMILES string of the molecule is CCCCC1CCC(OC(=O)CCC)CC1. The van der Waals surface area contributed by atoms with Crippen LogP contribution in [-0.4, -0.2) is 12.1 Å². The standard InChI is InChI=1S/C14H26O2/c1-3-5-7-12-8-10-13(11-9-12)16-14(15)6-4-2/h12-13H,3-11H2,1-2H3. The van der Waals surface area contributed by atoms with Crippen LogP contribution < -0.4 is 0 Å². The molecule has 2 nitrogen and oxygen atoms in total. The van der Waals surface area contributed by atoms with Gasteiger partial charge in [-0.25, -0.2) is 0 Å². The second-order valence-electron chi connectivity index (χ2n) is 5.02. The lowest BCUT2D eigenvalue weighted by Crippen LogP contribution is -2.24. The molecular formula is C14H26O2. The first-order valence-corrected chi connectivity index (χ1v) is 6.95. The predicted octanol–water partition coefficient (Wildman–Crippen LogP) is 4.08. The average Bonchev–Trinajstić information content (AvgIpc) is 2.28. The summed E-state index contributed by atoms with van der Waals surface area (Å²) >= 11 is 0. The number of hydrogen-bond acceptors (Lipinski definition) is 2. The summed E-state index contributed by atoms with van der Waals surface area (Å²) in [5.74, 6) is 0.889. The van der Waals surface area contributed by atoms with Crippen molar-refractivity contribution in [2.24, 2.45) is 5.92 Å². The molecule has 0 N–H and O–H groups in total. The van der Waals surface area contributed by atoms with E-state index in [9.17, 15) is 4.79 Å². The fourth-order valence-corrected chi connectivity index (χ4v) is 2.48. The maximum atomic E-state index is 11.3. The van der Waals surface area contributed by atoms with Crippen LogP contribution in [-0.2, 0) is 9.53 Å². The number of carbonyl (C=O) groups excluding carboxylic acids is 1. The monoisotopic (exact) mass is 226 g/mol. The third kappa shape index (κ3) is 5.00. The molecule has 94 valence electrons. The molecule has 0 aromatic carbocycles. The topological polar surface area (TPSA) is 26.3 Å². The van der Waals surface area contributed by atoms with Crippen LogP contribution in [0.15, 0.2) is 0 Å².